The molecule has 1 aromatic carbocycles. The Morgan fingerprint density at radius 2 is 2.04 bits per heavy atom. The highest BCUT2D eigenvalue weighted by Gasteiger charge is 2.18. The van der Waals surface area contributed by atoms with Crippen molar-refractivity contribution in [2.45, 2.75) is 45.1 Å². The Balaban J connectivity index is 1.28. The summed E-state index contributed by atoms with van der Waals surface area (Å²) in [5, 5.41) is 0. The van der Waals surface area contributed by atoms with Crippen LogP contribution in [0.25, 0.3) is 0 Å². The maximum absolute atomic E-state index is 5.30. The van der Waals surface area contributed by atoms with Crippen molar-refractivity contribution < 1.29 is 4.74 Å². The Kier molecular flexibility index (Phi) is 6.92. The van der Waals surface area contributed by atoms with Gasteiger partial charge in [0, 0.05) is 18.9 Å². The molecule has 4 heteroatoms. The molecule has 2 aromatic rings. The standard InChI is InChI=1S/C21H31N3O/c1-25-21-8-2-5-20(17-21)7-4-12-23-14-9-19(10-15-23)6-3-13-24-16-11-22-18-24/h2,5,8,11,16-19H,3-4,6-7,9-10,12-15H2,1H3. The van der Waals surface area contributed by atoms with Crippen LogP contribution in [-0.4, -0.2) is 41.2 Å². The molecule has 1 aliphatic rings. The van der Waals surface area contributed by atoms with Crippen LogP contribution in [0.5, 0.6) is 5.75 Å². The molecule has 2 heterocycles. The summed E-state index contributed by atoms with van der Waals surface area (Å²) in [4.78, 5) is 6.75. The van der Waals surface area contributed by atoms with Gasteiger partial charge >= 0.3 is 0 Å². The summed E-state index contributed by atoms with van der Waals surface area (Å²) < 4.78 is 7.49. The quantitative estimate of drug-likeness (QED) is 0.690. The van der Waals surface area contributed by atoms with Crippen LogP contribution in [0.4, 0.5) is 0 Å². The predicted molar refractivity (Wildman–Crippen MR) is 102 cm³/mol. The second-order valence-electron chi connectivity index (χ2n) is 7.18. The highest BCUT2D eigenvalue weighted by molar-refractivity contribution is 5.28. The molecule has 0 unspecified atom stereocenters. The van der Waals surface area contributed by atoms with Gasteiger partial charge in [0.1, 0.15) is 5.75 Å². The third-order valence-corrected chi connectivity index (χ3v) is 5.37. The van der Waals surface area contributed by atoms with Gasteiger partial charge in [-0.25, -0.2) is 4.98 Å². The minimum absolute atomic E-state index is 0.915. The molecule has 1 aromatic heterocycles. The van der Waals surface area contributed by atoms with Crippen molar-refractivity contribution in [3.8, 4) is 5.75 Å². The molecule has 1 aliphatic heterocycles. The summed E-state index contributed by atoms with van der Waals surface area (Å²) >= 11 is 0. The summed E-state index contributed by atoms with van der Waals surface area (Å²) in [5.41, 5.74) is 1.38. The highest BCUT2D eigenvalue weighted by Crippen LogP contribution is 2.22. The smallest absolute Gasteiger partial charge is 0.119 e. The molecule has 25 heavy (non-hydrogen) atoms. The van der Waals surface area contributed by atoms with E-state index < -0.39 is 0 Å². The van der Waals surface area contributed by atoms with Crippen LogP contribution in [-0.2, 0) is 13.0 Å². The number of hydrogen-bond acceptors (Lipinski definition) is 3. The fourth-order valence-electron chi connectivity index (χ4n) is 3.82. The fourth-order valence-corrected chi connectivity index (χ4v) is 3.82. The number of ether oxygens (including phenoxy) is 1. The second kappa shape index (κ2) is 9.62. The van der Waals surface area contributed by atoms with E-state index in [0.717, 1.165) is 24.6 Å². The van der Waals surface area contributed by atoms with Gasteiger partial charge in [0.05, 0.1) is 13.4 Å². The van der Waals surface area contributed by atoms with Gasteiger partial charge in [-0.1, -0.05) is 12.1 Å². The molecule has 1 saturated heterocycles. The zero-order valence-corrected chi connectivity index (χ0v) is 15.4. The zero-order chi connectivity index (χ0) is 17.3. The SMILES string of the molecule is COc1cccc(CCCN2CCC(CCCn3ccnc3)CC2)c1. The van der Waals surface area contributed by atoms with Gasteiger partial charge in [-0.3, -0.25) is 0 Å². The number of piperidine rings is 1. The minimum Gasteiger partial charge on any atom is -0.497 e. The van der Waals surface area contributed by atoms with Gasteiger partial charge in [-0.2, -0.15) is 0 Å². The molecule has 0 N–H and O–H groups in total. The van der Waals surface area contributed by atoms with E-state index in [0.29, 0.717) is 0 Å². The van der Waals surface area contributed by atoms with Gasteiger partial charge < -0.3 is 14.2 Å². The molecule has 4 nitrogen and oxygen atoms in total. The average molecular weight is 341 g/mol. The van der Waals surface area contributed by atoms with Gasteiger partial charge in [0.15, 0.2) is 0 Å². The normalized spacial score (nSPS) is 16.2. The van der Waals surface area contributed by atoms with Crippen LogP contribution in [0.2, 0.25) is 0 Å². The molecule has 0 bridgehead atoms. The fraction of sp³-hybridized carbons (Fsp3) is 0.571. The summed E-state index contributed by atoms with van der Waals surface area (Å²) in [5.74, 6) is 1.88. The predicted octanol–water partition coefficient (Wildman–Crippen LogP) is 4.02. The van der Waals surface area contributed by atoms with Crippen LogP contribution >= 0.6 is 0 Å². The Labute approximate surface area is 151 Å². The third kappa shape index (κ3) is 5.89. The number of hydrogen-bond donors (Lipinski definition) is 0. The molecule has 1 fully saturated rings. The van der Waals surface area contributed by atoms with Gasteiger partial charge in [-0.15, -0.1) is 0 Å². The molecule has 0 atom stereocenters. The lowest BCUT2D eigenvalue weighted by molar-refractivity contribution is 0.175. The summed E-state index contributed by atoms with van der Waals surface area (Å²) in [6, 6.07) is 8.46. The maximum atomic E-state index is 5.30. The number of methoxy groups -OCH3 is 1. The Bertz CT molecular complexity index is 603. The number of benzene rings is 1. The molecule has 0 radical (unpaired) electrons. The lowest BCUT2D eigenvalue weighted by atomic mass is 9.92. The van der Waals surface area contributed by atoms with E-state index in [-0.39, 0.29) is 0 Å². The first-order valence-electron chi connectivity index (χ1n) is 9.64. The first-order chi connectivity index (χ1) is 12.3. The van der Waals surface area contributed by atoms with E-state index in [9.17, 15) is 0 Å². The summed E-state index contributed by atoms with van der Waals surface area (Å²) in [6.45, 7) is 4.88. The minimum atomic E-state index is 0.915. The van der Waals surface area contributed by atoms with E-state index in [1.54, 1.807) is 7.11 Å². The van der Waals surface area contributed by atoms with Crippen molar-refractivity contribution in [2.24, 2.45) is 5.92 Å². The van der Waals surface area contributed by atoms with E-state index in [1.807, 2.05) is 18.6 Å². The molecule has 136 valence electrons. The Morgan fingerprint density at radius 3 is 2.80 bits per heavy atom. The first-order valence-corrected chi connectivity index (χ1v) is 9.64. The topological polar surface area (TPSA) is 30.3 Å². The lowest BCUT2D eigenvalue weighted by Gasteiger charge is -2.32. The second-order valence-corrected chi connectivity index (χ2v) is 7.18. The largest absolute Gasteiger partial charge is 0.497 e. The monoisotopic (exact) mass is 341 g/mol. The Hall–Kier alpha value is -1.81. The van der Waals surface area contributed by atoms with Crippen LogP contribution in [0.1, 0.15) is 37.7 Å². The van der Waals surface area contributed by atoms with Crippen molar-refractivity contribution in [1.82, 2.24) is 14.5 Å². The van der Waals surface area contributed by atoms with Crippen molar-refractivity contribution >= 4 is 0 Å². The average Bonchev–Trinajstić information content (AvgIpc) is 3.17. The molecule has 0 spiro atoms. The van der Waals surface area contributed by atoms with E-state index >= 15 is 0 Å². The van der Waals surface area contributed by atoms with Crippen LogP contribution in [0, 0.1) is 5.92 Å². The number of rotatable bonds is 9. The summed E-state index contributed by atoms with van der Waals surface area (Å²) in [7, 11) is 1.73. The Morgan fingerprint density at radius 1 is 1.16 bits per heavy atom. The number of nitrogens with zero attached hydrogens (tertiary/aromatic N) is 3. The first kappa shape index (κ1) is 18.0. The van der Waals surface area contributed by atoms with E-state index in [1.165, 1.54) is 57.3 Å². The van der Waals surface area contributed by atoms with Gasteiger partial charge in [0.2, 0.25) is 0 Å². The molecule has 3 rings (SSSR count). The van der Waals surface area contributed by atoms with Crippen molar-refractivity contribution in [3.63, 3.8) is 0 Å². The lowest BCUT2D eigenvalue weighted by Crippen LogP contribution is -2.34. The van der Waals surface area contributed by atoms with Gasteiger partial charge in [-0.05, 0) is 81.8 Å². The van der Waals surface area contributed by atoms with Crippen LogP contribution < -0.4 is 4.74 Å². The maximum Gasteiger partial charge on any atom is 0.119 e. The van der Waals surface area contributed by atoms with Gasteiger partial charge in [0.25, 0.3) is 0 Å². The molecule has 0 amide bonds. The molecule has 0 aliphatic carbocycles. The van der Waals surface area contributed by atoms with Crippen LogP contribution in [0.15, 0.2) is 43.0 Å². The van der Waals surface area contributed by atoms with E-state index in [4.69, 9.17) is 4.74 Å². The third-order valence-electron chi connectivity index (χ3n) is 5.37. The van der Waals surface area contributed by atoms with Crippen molar-refractivity contribution in [3.05, 3.63) is 48.5 Å². The molecular weight excluding hydrogens is 310 g/mol. The number of likely N-dealkylation sites (tertiary alicyclic amines) is 1. The van der Waals surface area contributed by atoms with Crippen molar-refractivity contribution in [1.29, 1.82) is 0 Å². The molecular formula is C21H31N3O. The highest BCUT2D eigenvalue weighted by atomic mass is 16.5. The molecule has 0 saturated carbocycles. The number of imidazole rings is 1. The van der Waals surface area contributed by atoms with Crippen molar-refractivity contribution in [2.75, 3.05) is 26.7 Å². The number of aromatic nitrogens is 2. The van der Waals surface area contributed by atoms with E-state index in [2.05, 4.69) is 38.8 Å². The number of aryl methyl sites for hydroxylation is 2. The van der Waals surface area contributed by atoms with Crippen LogP contribution in [0.3, 0.4) is 0 Å². The summed E-state index contributed by atoms with van der Waals surface area (Å²) in [6.07, 6.45) is 13.6. The zero-order valence-electron chi connectivity index (χ0n) is 15.4.